The summed E-state index contributed by atoms with van der Waals surface area (Å²) in [6, 6.07) is 7.71. The predicted molar refractivity (Wildman–Crippen MR) is 107 cm³/mol. The fraction of sp³-hybridized carbons (Fsp3) is 0.421. The van der Waals surface area contributed by atoms with Crippen LogP contribution in [0.2, 0.25) is 0 Å². The van der Waals surface area contributed by atoms with Crippen molar-refractivity contribution in [1.29, 1.82) is 0 Å². The molecule has 0 aliphatic rings. The first kappa shape index (κ1) is 18.4. The van der Waals surface area contributed by atoms with Gasteiger partial charge in [0, 0.05) is 25.9 Å². The Hall–Kier alpha value is -2.41. The van der Waals surface area contributed by atoms with Gasteiger partial charge in [0.1, 0.15) is 11.9 Å². The Morgan fingerprint density at radius 1 is 1.27 bits per heavy atom. The van der Waals surface area contributed by atoms with Crippen molar-refractivity contribution < 1.29 is 4.79 Å². The van der Waals surface area contributed by atoms with Gasteiger partial charge in [-0.15, -0.1) is 11.3 Å². The minimum Gasteiger partial charge on any atom is -0.354 e. The van der Waals surface area contributed by atoms with Crippen LogP contribution in [0.1, 0.15) is 37.8 Å². The summed E-state index contributed by atoms with van der Waals surface area (Å²) in [5.41, 5.74) is 2.83. The van der Waals surface area contributed by atoms with Crippen LogP contribution >= 0.6 is 11.3 Å². The molecule has 0 radical (unpaired) electrons. The number of anilines is 1. The number of aromatic nitrogens is 3. The fourth-order valence-electron chi connectivity index (χ4n) is 3.06. The van der Waals surface area contributed by atoms with E-state index in [1.165, 1.54) is 0 Å². The molecule has 0 unspecified atom stereocenters. The SMILES string of the molecule is CCc1nc2ccccc2n1[C@@H](CC)C(=O)NCc1csc(N(C)C)n1. The van der Waals surface area contributed by atoms with Gasteiger partial charge < -0.3 is 14.8 Å². The number of aryl methyl sites for hydroxylation is 1. The topological polar surface area (TPSA) is 63.1 Å². The molecule has 0 bridgehead atoms. The van der Waals surface area contributed by atoms with Crippen molar-refractivity contribution in [3.63, 3.8) is 0 Å². The first-order chi connectivity index (χ1) is 12.5. The van der Waals surface area contributed by atoms with Gasteiger partial charge in [-0.25, -0.2) is 9.97 Å². The summed E-state index contributed by atoms with van der Waals surface area (Å²) < 4.78 is 2.08. The molecule has 3 aromatic rings. The minimum absolute atomic E-state index is 0.00440. The number of imidazole rings is 1. The molecule has 0 aliphatic heterocycles. The molecule has 0 saturated carbocycles. The largest absolute Gasteiger partial charge is 0.354 e. The van der Waals surface area contributed by atoms with Crippen LogP contribution in [0.15, 0.2) is 29.6 Å². The van der Waals surface area contributed by atoms with Gasteiger partial charge in [0.15, 0.2) is 5.13 Å². The molecule has 3 rings (SSSR count). The molecule has 1 aromatic carbocycles. The number of hydrogen-bond acceptors (Lipinski definition) is 5. The van der Waals surface area contributed by atoms with Crippen molar-refractivity contribution in [1.82, 2.24) is 19.9 Å². The number of carbonyl (C=O) groups excluding carboxylic acids is 1. The van der Waals surface area contributed by atoms with Crippen LogP contribution in [-0.2, 0) is 17.8 Å². The lowest BCUT2D eigenvalue weighted by atomic mass is 10.2. The van der Waals surface area contributed by atoms with Gasteiger partial charge >= 0.3 is 0 Å². The molecule has 0 spiro atoms. The van der Waals surface area contributed by atoms with Crippen LogP contribution in [-0.4, -0.2) is 34.5 Å². The number of nitrogens with one attached hydrogen (secondary N) is 1. The molecule has 0 aliphatic carbocycles. The first-order valence-electron chi connectivity index (χ1n) is 8.90. The van der Waals surface area contributed by atoms with Gasteiger partial charge in [-0.3, -0.25) is 4.79 Å². The smallest absolute Gasteiger partial charge is 0.243 e. The molecule has 1 amide bonds. The quantitative estimate of drug-likeness (QED) is 0.691. The molecule has 7 heteroatoms. The van der Waals surface area contributed by atoms with Crippen molar-refractivity contribution >= 4 is 33.4 Å². The highest BCUT2D eigenvalue weighted by molar-refractivity contribution is 7.13. The van der Waals surface area contributed by atoms with Gasteiger partial charge in [0.2, 0.25) is 5.91 Å². The highest BCUT2D eigenvalue weighted by atomic mass is 32.1. The lowest BCUT2D eigenvalue weighted by Gasteiger charge is -2.19. The maximum atomic E-state index is 12.9. The Bertz CT molecular complexity index is 898. The van der Waals surface area contributed by atoms with E-state index in [9.17, 15) is 4.79 Å². The van der Waals surface area contributed by atoms with Crippen LogP contribution in [0.3, 0.4) is 0 Å². The summed E-state index contributed by atoms with van der Waals surface area (Å²) in [6.45, 7) is 4.54. The molecule has 26 heavy (non-hydrogen) atoms. The summed E-state index contributed by atoms with van der Waals surface area (Å²) in [4.78, 5) is 24.1. The molecule has 138 valence electrons. The first-order valence-corrected chi connectivity index (χ1v) is 9.78. The van der Waals surface area contributed by atoms with E-state index in [1.807, 2.05) is 55.6 Å². The monoisotopic (exact) mass is 371 g/mol. The zero-order chi connectivity index (χ0) is 18.7. The third-order valence-corrected chi connectivity index (χ3v) is 5.41. The second kappa shape index (κ2) is 7.86. The summed E-state index contributed by atoms with van der Waals surface area (Å²) in [5, 5.41) is 5.97. The van der Waals surface area contributed by atoms with E-state index in [2.05, 4.69) is 21.8 Å². The normalized spacial score (nSPS) is 12.3. The number of para-hydroxylation sites is 2. The van der Waals surface area contributed by atoms with E-state index in [1.54, 1.807) is 11.3 Å². The Balaban J connectivity index is 1.81. The average Bonchev–Trinajstić information content (AvgIpc) is 3.26. The molecule has 2 aromatic heterocycles. The number of rotatable bonds is 7. The third-order valence-electron chi connectivity index (χ3n) is 4.35. The van der Waals surface area contributed by atoms with Crippen molar-refractivity contribution in [2.75, 3.05) is 19.0 Å². The molecular weight excluding hydrogens is 346 g/mol. The number of carbonyl (C=O) groups is 1. The summed E-state index contributed by atoms with van der Waals surface area (Å²) in [5.74, 6) is 0.946. The van der Waals surface area contributed by atoms with Gasteiger partial charge in [-0.2, -0.15) is 0 Å². The van der Waals surface area contributed by atoms with Gasteiger partial charge in [-0.05, 0) is 18.6 Å². The fourth-order valence-corrected chi connectivity index (χ4v) is 3.81. The van der Waals surface area contributed by atoms with Crippen LogP contribution in [0.5, 0.6) is 0 Å². The van der Waals surface area contributed by atoms with Gasteiger partial charge in [0.05, 0.1) is 23.3 Å². The average molecular weight is 372 g/mol. The van der Waals surface area contributed by atoms with Gasteiger partial charge in [0.25, 0.3) is 0 Å². The molecule has 2 heterocycles. The van der Waals surface area contributed by atoms with E-state index in [-0.39, 0.29) is 11.9 Å². The molecule has 6 nitrogen and oxygen atoms in total. The lowest BCUT2D eigenvalue weighted by Crippen LogP contribution is -2.32. The highest BCUT2D eigenvalue weighted by Crippen LogP contribution is 2.24. The predicted octanol–water partition coefficient (Wildman–Crippen LogP) is 3.39. The van der Waals surface area contributed by atoms with E-state index < -0.39 is 0 Å². The maximum absolute atomic E-state index is 12.9. The standard InChI is InChI=1S/C19H25N5OS/c1-5-15(18(25)20-11-13-12-26-19(21-13)23(3)4)24-16-10-8-7-9-14(16)22-17(24)6-2/h7-10,12,15H,5-6,11H2,1-4H3,(H,20,25)/t15-/m0/s1. The molecule has 0 fully saturated rings. The Morgan fingerprint density at radius 3 is 2.69 bits per heavy atom. The summed E-state index contributed by atoms with van der Waals surface area (Å²) in [7, 11) is 3.93. The number of benzene rings is 1. The summed E-state index contributed by atoms with van der Waals surface area (Å²) >= 11 is 1.58. The number of hydrogen-bond donors (Lipinski definition) is 1. The van der Waals surface area contributed by atoms with Crippen molar-refractivity contribution in [3.05, 3.63) is 41.2 Å². The zero-order valence-corrected chi connectivity index (χ0v) is 16.5. The molecule has 0 saturated heterocycles. The molecule has 1 atom stereocenters. The zero-order valence-electron chi connectivity index (χ0n) is 15.7. The van der Waals surface area contributed by atoms with E-state index in [4.69, 9.17) is 4.98 Å². The Labute approximate surface area is 157 Å². The number of nitrogens with zero attached hydrogens (tertiary/aromatic N) is 4. The minimum atomic E-state index is -0.274. The van der Waals surface area contributed by atoms with E-state index in [0.29, 0.717) is 13.0 Å². The number of thiazole rings is 1. The second-order valence-electron chi connectivity index (χ2n) is 6.40. The van der Waals surface area contributed by atoms with Crippen LogP contribution in [0.4, 0.5) is 5.13 Å². The molecular formula is C19H25N5OS. The van der Waals surface area contributed by atoms with Crippen molar-refractivity contribution in [3.8, 4) is 0 Å². The van der Waals surface area contributed by atoms with E-state index in [0.717, 1.165) is 34.1 Å². The third kappa shape index (κ3) is 3.58. The van der Waals surface area contributed by atoms with Crippen molar-refractivity contribution in [2.45, 2.75) is 39.3 Å². The molecule has 1 N–H and O–H groups in total. The Morgan fingerprint density at radius 2 is 2.04 bits per heavy atom. The maximum Gasteiger partial charge on any atom is 0.243 e. The Kier molecular flexibility index (Phi) is 5.56. The van der Waals surface area contributed by atoms with Gasteiger partial charge in [-0.1, -0.05) is 26.0 Å². The summed E-state index contributed by atoms with van der Waals surface area (Å²) in [6.07, 6.45) is 1.50. The number of amides is 1. The number of fused-ring (bicyclic) bond motifs is 1. The second-order valence-corrected chi connectivity index (χ2v) is 7.23. The van der Waals surface area contributed by atoms with Crippen LogP contribution in [0, 0.1) is 0 Å². The van der Waals surface area contributed by atoms with Crippen LogP contribution < -0.4 is 10.2 Å². The van der Waals surface area contributed by atoms with Crippen molar-refractivity contribution in [2.24, 2.45) is 0 Å². The van der Waals surface area contributed by atoms with Crippen LogP contribution in [0.25, 0.3) is 11.0 Å². The van der Waals surface area contributed by atoms with E-state index >= 15 is 0 Å². The highest BCUT2D eigenvalue weighted by Gasteiger charge is 2.23. The lowest BCUT2D eigenvalue weighted by molar-refractivity contribution is -0.124.